The average Bonchev–Trinajstić information content (AvgIpc) is 3.09. The summed E-state index contributed by atoms with van der Waals surface area (Å²) in [5, 5.41) is 3.60. The number of nitrogens with one attached hydrogen (secondary N) is 1. The molecule has 0 aromatic carbocycles. The van der Waals surface area contributed by atoms with Crippen LogP contribution in [-0.4, -0.2) is 49.2 Å². The molecule has 4 atom stereocenters. The molecule has 108 valence electrons. The molecule has 3 aliphatic heterocycles. The first-order valence-electron chi connectivity index (χ1n) is 7.89. The number of rotatable bonds is 2. The normalized spacial score (nSPS) is 39.7. The van der Waals surface area contributed by atoms with Crippen LogP contribution < -0.4 is 5.32 Å². The van der Waals surface area contributed by atoms with Crippen LogP contribution in [0, 0.1) is 11.8 Å². The van der Waals surface area contributed by atoms with Crippen molar-refractivity contribution in [3.05, 3.63) is 0 Å². The number of likely N-dealkylation sites (tertiary alicyclic amines) is 1. The van der Waals surface area contributed by atoms with Crippen molar-refractivity contribution in [3.8, 4) is 0 Å². The third-order valence-corrected chi connectivity index (χ3v) is 5.13. The average molecular weight is 266 g/mol. The van der Waals surface area contributed by atoms with E-state index >= 15 is 0 Å². The highest BCUT2D eigenvalue weighted by Gasteiger charge is 2.37. The molecule has 3 saturated heterocycles. The van der Waals surface area contributed by atoms with Gasteiger partial charge in [0.05, 0.1) is 12.0 Å². The Balaban J connectivity index is 1.59. The van der Waals surface area contributed by atoms with E-state index in [1.165, 1.54) is 19.3 Å². The second-order valence-corrected chi connectivity index (χ2v) is 6.36. The molecule has 3 rings (SSSR count). The lowest BCUT2D eigenvalue weighted by molar-refractivity contribution is -0.139. The molecule has 0 bridgehead atoms. The molecule has 3 heterocycles. The quantitative estimate of drug-likeness (QED) is 0.821. The summed E-state index contributed by atoms with van der Waals surface area (Å²) in [6.07, 6.45) is 6.04. The van der Waals surface area contributed by atoms with Gasteiger partial charge in [0.25, 0.3) is 0 Å². The van der Waals surface area contributed by atoms with Crippen LogP contribution in [0.15, 0.2) is 0 Å². The summed E-state index contributed by atoms with van der Waals surface area (Å²) in [6, 6.07) is 0.646. The molecule has 4 heteroatoms. The van der Waals surface area contributed by atoms with Crippen LogP contribution in [0.4, 0.5) is 0 Å². The molecule has 4 unspecified atom stereocenters. The number of hydrogen-bond donors (Lipinski definition) is 1. The van der Waals surface area contributed by atoms with Crippen molar-refractivity contribution in [2.24, 2.45) is 11.8 Å². The molecule has 19 heavy (non-hydrogen) atoms. The maximum atomic E-state index is 12.6. The lowest BCUT2D eigenvalue weighted by atomic mass is 9.88. The Labute approximate surface area is 115 Å². The summed E-state index contributed by atoms with van der Waals surface area (Å²) >= 11 is 0. The summed E-state index contributed by atoms with van der Waals surface area (Å²) in [6.45, 7) is 5.85. The first-order chi connectivity index (χ1) is 9.25. The number of carbonyl (C=O) groups excluding carboxylic acids is 1. The van der Waals surface area contributed by atoms with Gasteiger partial charge in [-0.15, -0.1) is 0 Å². The number of piperidine rings is 1. The molecular weight excluding hydrogens is 240 g/mol. The zero-order valence-electron chi connectivity index (χ0n) is 11.9. The maximum absolute atomic E-state index is 12.6. The van der Waals surface area contributed by atoms with Gasteiger partial charge in [-0.25, -0.2) is 0 Å². The molecule has 3 aliphatic rings. The minimum Gasteiger partial charge on any atom is -0.378 e. The summed E-state index contributed by atoms with van der Waals surface area (Å²) in [7, 11) is 0. The van der Waals surface area contributed by atoms with Crippen molar-refractivity contribution >= 4 is 5.91 Å². The topological polar surface area (TPSA) is 41.6 Å². The molecule has 1 N–H and O–H groups in total. The van der Waals surface area contributed by atoms with E-state index in [9.17, 15) is 4.79 Å². The van der Waals surface area contributed by atoms with Crippen molar-refractivity contribution in [2.45, 2.75) is 51.2 Å². The second-order valence-electron chi connectivity index (χ2n) is 6.36. The molecule has 0 spiro atoms. The zero-order valence-corrected chi connectivity index (χ0v) is 11.9. The van der Waals surface area contributed by atoms with E-state index in [-0.39, 0.29) is 12.0 Å². The van der Waals surface area contributed by atoms with Crippen molar-refractivity contribution in [3.63, 3.8) is 0 Å². The van der Waals surface area contributed by atoms with Gasteiger partial charge < -0.3 is 15.0 Å². The Morgan fingerprint density at radius 2 is 2.16 bits per heavy atom. The Morgan fingerprint density at radius 1 is 1.26 bits per heavy atom. The van der Waals surface area contributed by atoms with Crippen molar-refractivity contribution in [1.82, 2.24) is 10.2 Å². The van der Waals surface area contributed by atoms with Gasteiger partial charge in [0.2, 0.25) is 5.91 Å². The highest BCUT2D eigenvalue weighted by atomic mass is 16.5. The lowest BCUT2D eigenvalue weighted by Gasteiger charge is -2.37. The van der Waals surface area contributed by atoms with Crippen LogP contribution in [0.25, 0.3) is 0 Å². The van der Waals surface area contributed by atoms with Crippen molar-refractivity contribution < 1.29 is 9.53 Å². The van der Waals surface area contributed by atoms with E-state index in [1.54, 1.807) is 0 Å². The third kappa shape index (κ3) is 2.79. The summed E-state index contributed by atoms with van der Waals surface area (Å²) in [5.74, 6) is 1.11. The standard InChI is InChI=1S/C15H26N2O2/c1-11-13(6-9-19-11)15(18)17-8-3-4-12(10-17)14-5-2-7-16-14/h11-14,16H,2-10H2,1H3. The van der Waals surface area contributed by atoms with Gasteiger partial charge in [-0.3, -0.25) is 4.79 Å². The molecular formula is C15H26N2O2. The Bertz CT molecular complexity index is 328. The molecule has 0 radical (unpaired) electrons. The van der Waals surface area contributed by atoms with E-state index in [0.717, 1.165) is 39.1 Å². The summed E-state index contributed by atoms with van der Waals surface area (Å²) < 4.78 is 5.54. The van der Waals surface area contributed by atoms with Gasteiger partial charge in [-0.2, -0.15) is 0 Å². The van der Waals surface area contributed by atoms with Gasteiger partial charge in [-0.1, -0.05) is 0 Å². The van der Waals surface area contributed by atoms with E-state index in [4.69, 9.17) is 4.74 Å². The monoisotopic (exact) mass is 266 g/mol. The minimum atomic E-state index is 0.107. The van der Waals surface area contributed by atoms with E-state index in [0.29, 0.717) is 17.9 Å². The number of nitrogens with zero attached hydrogens (tertiary/aromatic N) is 1. The fraction of sp³-hybridized carbons (Fsp3) is 0.933. The van der Waals surface area contributed by atoms with Crippen LogP contribution in [0.2, 0.25) is 0 Å². The first kappa shape index (κ1) is 13.4. The zero-order chi connectivity index (χ0) is 13.2. The molecule has 0 aromatic rings. The molecule has 3 fully saturated rings. The Kier molecular flexibility index (Phi) is 4.08. The number of ether oxygens (including phenoxy) is 1. The second kappa shape index (κ2) is 5.80. The third-order valence-electron chi connectivity index (χ3n) is 5.13. The molecule has 0 aliphatic carbocycles. The predicted octanol–water partition coefficient (Wildman–Crippen LogP) is 1.40. The lowest BCUT2D eigenvalue weighted by Crippen LogP contribution is -2.48. The Morgan fingerprint density at radius 3 is 2.84 bits per heavy atom. The fourth-order valence-corrected chi connectivity index (χ4v) is 3.94. The van der Waals surface area contributed by atoms with Gasteiger partial charge >= 0.3 is 0 Å². The van der Waals surface area contributed by atoms with Gasteiger partial charge in [-0.05, 0) is 51.5 Å². The highest BCUT2D eigenvalue weighted by molar-refractivity contribution is 5.79. The molecule has 4 nitrogen and oxygen atoms in total. The van der Waals surface area contributed by atoms with Crippen molar-refractivity contribution in [1.29, 1.82) is 0 Å². The SMILES string of the molecule is CC1OCCC1C(=O)N1CCCC(C2CCCN2)C1. The predicted molar refractivity (Wildman–Crippen MR) is 73.8 cm³/mol. The summed E-state index contributed by atoms with van der Waals surface area (Å²) in [4.78, 5) is 14.7. The van der Waals surface area contributed by atoms with E-state index < -0.39 is 0 Å². The maximum Gasteiger partial charge on any atom is 0.228 e. The smallest absolute Gasteiger partial charge is 0.228 e. The van der Waals surface area contributed by atoms with Gasteiger partial charge in [0.1, 0.15) is 0 Å². The van der Waals surface area contributed by atoms with Gasteiger partial charge in [0, 0.05) is 25.7 Å². The Hall–Kier alpha value is -0.610. The molecule has 0 aromatic heterocycles. The highest BCUT2D eigenvalue weighted by Crippen LogP contribution is 2.28. The van der Waals surface area contributed by atoms with E-state index in [1.807, 2.05) is 6.92 Å². The fourth-order valence-electron chi connectivity index (χ4n) is 3.94. The van der Waals surface area contributed by atoms with Gasteiger partial charge in [0.15, 0.2) is 0 Å². The van der Waals surface area contributed by atoms with Crippen molar-refractivity contribution in [2.75, 3.05) is 26.2 Å². The minimum absolute atomic E-state index is 0.107. The number of carbonyl (C=O) groups is 1. The number of amides is 1. The summed E-state index contributed by atoms with van der Waals surface area (Å²) in [5.41, 5.74) is 0. The van der Waals surface area contributed by atoms with Crippen LogP contribution in [0.1, 0.15) is 39.0 Å². The first-order valence-corrected chi connectivity index (χ1v) is 7.89. The molecule has 0 saturated carbocycles. The molecule has 1 amide bonds. The largest absolute Gasteiger partial charge is 0.378 e. The van der Waals surface area contributed by atoms with Crippen LogP contribution in [-0.2, 0) is 9.53 Å². The van der Waals surface area contributed by atoms with Crippen LogP contribution in [0.5, 0.6) is 0 Å². The van der Waals surface area contributed by atoms with Crippen LogP contribution in [0.3, 0.4) is 0 Å². The number of hydrogen-bond acceptors (Lipinski definition) is 3. The van der Waals surface area contributed by atoms with Crippen LogP contribution >= 0.6 is 0 Å². The van der Waals surface area contributed by atoms with E-state index in [2.05, 4.69) is 10.2 Å².